The van der Waals surface area contributed by atoms with Gasteiger partial charge in [0.05, 0.1) is 5.52 Å². The summed E-state index contributed by atoms with van der Waals surface area (Å²) in [6.45, 7) is 3.93. The predicted octanol–water partition coefficient (Wildman–Crippen LogP) is 2.22. The van der Waals surface area contributed by atoms with E-state index in [2.05, 4.69) is 9.69 Å². The first-order chi connectivity index (χ1) is 8.09. The van der Waals surface area contributed by atoms with Gasteiger partial charge in [-0.05, 0) is 29.6 Å². The highest BCUT2D eigenvalue weighted by Crippen LogP contribution is 2.28. The van der Waals surface area contributed by atoms with Crippen molar-refractivity contribution in [3.63, 3.8) is 0 Å². The van der Waals surface area contributed by atoms with Crippen LogP contribution in [0.25, 0.3) is 10.9 Å². The van der Waals surface area contributed by atoms with Gasteiger partial charge in [-0.3, -0.25) is 4.79 Å². The number of hydrogen-bond donors (Lipinski definition) is 2. The van der Waals surface area contributed by atoms with Crippen LogP contribution in [0.3, 0.4) is 0 Å². The number of nitrogens with two attached hydrogens (primary N) is 1. The summed E-state index contributed by atoms with van der Waals surface area (Å²) in [5.74, 6) is -0.189. The van der Waals surface area contributed by atoms with Crippen molar-refractivity contribution >= 4 is 33.3 Å². The molecule has 1 aromatic carbocycles. The van der Waals surface area contributed by atoms with E-state index >= 15 is 0 Å². The third-order valence-electron chi connectivity index (χ3n) is 2.64. The lowest BCUT2D eigenvalue weighted by Crippen LogP contribution is -2.39. The number of anilines is 1. The van der Waals surface area contributed by atoms with E-state index in [9.17, 15) is 4.79 Å². The average molecular weight is 249 g/mol. The number of carbonyl (C=O) groups excluding carboxylic acids is 1. The van der Waals surface area contributed by atoms with Crippen LogP contribution in [-0.2, 0) is 4.79 Å². The van der Waals surface area contributed by atoms with Gasteiger partial charge in [-0.1, -0.05) is 26.0 Å². The summed E-state index contributed by atoms with van der Waals surface area (Å²) < 4.78 is 4.32. The Labute approximate surface area is 104 Å². The van der Waals surface area contributed by atoms with Gasteiger partial charge in [-0.15, -0.1) is 0 Å². The number of fused-ring (bicyclic) bond motifs is 1. The molecule has 0 fully saturated rings. The zero-order chi connectivity index (χ0) is 12.4. The molecule has 0 saturated heterocycles. The molecule has 90 valence electrons. The van der Waals surface area contributed by atoms with E-state index in [-0.39, 0.29) is 17.9 Å². The van der Waals surface area contributed by atoms with E-state index < -0.39 is 0 Å². The van der Waals surface area contributed by atoms with Crippen molar-refractivity contribution in [2.45, 2.75) is 19.9 Å². The summed E-state index contributed by atoms with van der Waals surface area (Å²) in [6.07, 6.45) is 0. The van der Waals surface area contributed by atoms with Gasteiger partial charge in [0.25, 0.3) is 0 Å². The largest absolute Gasteiger partial charge is 0.368 e. The number of amides is 1. The van der Waals surface area contributed by atoms with E-state index in [1.807, 2.05) is 38.1 Å². The van der Waals surface area contributed by atoms with Crippen molar-refractivity contribution in [2.24, 2.45) is 11.7 Å². The molecule has 3 N–H and O–H groups in total. The molecule has 0 spiro atoms. The zero-order valence-corrected chi connectivity index (χ0v) is 10.6. The number of carbonyl (C=O) groups is 1. The first-order valence-electron chi connectivity index (χ1n) is 5.50. The second-order valence-corrected chi connectivity index (χ2v) is 5.07. The third kappa shape index (κ3) is 2.39. The summed E-state index contributed by atoms with van der Waals surface area (Å²) in [4.78, 5) is 11.3. The Morgan fingerprint density at radius 2 is 2.12 bits per heavy atom. The maximum Gasteiger partial charge on any atom is 0.240 e. The molecule has 0 saturated carbocycles. The summed E-state index contributed by atoms with van der Waals surface area (Å²) in [5, 5.41) is 5.12. The number of nitrogens with one attached hydrogen (secondary N) is 1. The van der Waals surface area contributed by atoms with Crippen molar-refractivity contribution in [2.75, 3.05) is 5.32 Å². The topological polar surface area (TPSA) is 68.0 Å². The second-order valence-electron chi connectivity index (χ2n) is 4.30. The normalized spacial score (nSPS) is 12.9. The quantitative estimate of drug-likeness (QED) is 0.873. The van der Waals surface area contributed by atoms with Crippen LogP contribution in [-0.4, -0.2) is 16.3 Å². The van der Waals surface area contributed by atoms with Crippen LogP contribution in [0.15, 0.2) is 24.3 Å². The summed E-state index contributed by atoms with van der Waals surface area (Å²) in [5.41, 5.74) is 6.32. The average Bonchev–Trinajstić information content (AvgIpc) is 2.68. The highest BCUT2D eigenvalue weighted by molar-refractivity contribution is 7.11. The molecule has 4 nitrogen and oxygen atoms in total. The molecule has 2 rings (SSSR count). The maximum absolute atomic E-state index is 11.3. The van der Waals surface area contributed by atoms with Gasteiger partial charge in [0, 0.05) is 5.39 Å². The SMILES string of the molecule is CC(C)C(Nc1snc2ccccc12)C(N)=O. The molecule has 1 aromatic heterocycles. The number of hydrogen-bond acceptors (Lipinski definition) is 4. The van der Waals surface area contributed by atoms with Crippen molar-refractivity contribution in [3.8, 4) is 0 Å². The molecule has 0 aliphatic carbocycles. The van der Waals surface area contributed by atoms with E-state index in [0.717, 1.165) is 15.9 Å². The summed E-state index contributed by atoms with van der Waals surface area (Å²) in [7, 11) is 0. The molecule has 1 atom stereocenters. The molecular formula is C12H15N3OS. The fourth-order valence-corrected chi connectivity index (χ4v) is 2.50. The van der Waals surface area contributed by atoms with Crippen LogP contribution in [0.4, 0.5) is 5.00 Å². The van der Waals surface area contributed by atoms with Gasteiger partial charge in [0.1, 0.15) is 11.0 Å². The Bertz CT molecular complexity index is 535. The number of aromatic nitrogens is 1. The van der Waals surface area contributed by atoms with E-state index in [1.165, 1.54) is 11.5 Å². The van der Waals surface area contributed by atoms with Gasteiger partial charge in [-0.2, -0.15) is 4.37 Å². The Hall–Kier alpha value is -1.62. The lowest BCUT2D eigenvalue weighted by molar-refractivity contribution is -0.119. The first kappa shape index (κ1) is 11.9. The molecular weight excluding hydrogens is 234 g/mol. The number of primary amides is 1. The maximum atomic E-state index is 11.3. The van der Waals surface area contributed by atoms with E-state index in [0.29, 0.717) is 0 Å². The van der Waals surface area contributed by atoms with Gasteiger partial charge in [-0.25, -0.2) is 0 Å². The van der Waals surface area contributed by atoms with E-state index in [4.69, 9.17) is 5.73 Å². The molecule has 0 aliphatic rings. The van der Waals surface area contributed by atoms with Gasteiger partial charge in [0.15, 0.2) is 0 Å². The van der Waals surface area contributed by atoms with Crippen LogP contribution < -0.4 is 11.1 Å². The van der Waals surface area contributed by atoms with Crippen LogP contribution in [0.2, 0.25) is 0 Å². The van der Waals surface area contributed by atoms with Crippen molar-refractivity contribution in [1.82, 2.24) is 4.37 Å². The van der Waals surface area contributed by atoms with Gasteiger partial charge < -0.3 is 11.1 Å². The minimum Gasteiger partial charge on any atom is -0.368 e. The molecule has 17 heavy (non-hydrogen) atoms. The Balaban J connectivity index is 2.31. The Morgan fingerprint density at radius 1 is 1.41 bits per heavy atom. The summed E-state index contributed by atoms with van der Waals surface area (Å²) >= 11 is 1.36. The highest BCUT2D eigenvalue weighted by atomic mass is 32.1. The van der Waals surface area contributed by atoms with Crippen molar-refractivity contribution in [3.05, 3.63) is 24.3 Å². The lowest BCUT2D eigenvalue weighted by atomic mass is 10.0. The van der Waals surface area contributed by atoms with E-state index in [1.54, 1.807) is 0 Å². The minimum atomic E-state index is -0.362. The highest BCUT2D eigenvalue weighted by Gasteiger charge is 2.20. The second kappa shape index (κ2) is 4.71. The molecule has 5 heteroatoms. The minimum absolute atomic E-state index is 0.147. The summed E-state index contributed by atoms with van der Waals surface area (Å²) in [6, 6.07) is 7.47. The molecule has 1 unspecified atom stereocenters. The lowest BCUT2D eigenvalue weighted by Gasteiger charge is -2.18. The molecule has 0 aliphatic heterocycles. The number of benzene rings is 1. The van der Waals surface area contributed by atoms with Crippen LogP contribution in [0, 0.1) is 5.92 Å². The molecule has 1 heterocycles. The van der Waals surface area contributed by atoms with Gasteiger partial charge >= 0.3 is 0 Å². The Morgan fingerprint density at radius 3 is 2.76 bits per heavy atom. The monoisotopic (exact) mass is 249 g/mol. The zero-order valence-electron chi connectivity index (χ0n) is 9.81. The molecule has 0 radical (unpaired) electrons. The number of rotatable bonds is 4. The van der Waals surface area contributed by atoms with Crippen LogP contribution in [0.5, 0.6) is 0 Å². The predicted molar refractivity (Wildman–Crippen MR) is 71.1 cm³/mol. The third-order valence-corrected chi connectivity index (χ3v) is 3.45. The van der Waals surface area contributed by atoms with Crippen LogP contribution >= 0.6 is 11.5 Å². The smallest absolute Gasteiger partial charge is 0.240 e. The van der Waals surface area contributed by atoms with Crippen molar-refractivity contribution < 1.29 is 4.79 Å². The van der Waals surface area contributed by atoms with Gasteiger partial charge in [0.2, 0.25) is 5.91 Å². The number of nitrogens with zero attached hydrogens (tertiary/aromatic N) is 1. The fraction of sp³-hybridized carbons (Fsp3) is 0.333. The standard InChI is InChI=1S/C12H15N3OS/c1-7(2)10(11(13)16)14-12-8-5-3-4-6-9(8)15-17-12/h3-7,10,14H,1-2H3,(H2,13,16). The Kier molecular flexibility index (Phi) is 3.28. The van der Waals surface area contributed by atoms with Crippen molar-refractivity contribution in [1.29, 1.82) is 0 Å². The fourth-order valence-electron chi connectivity index (χ4n) is 1.70. The molecule has 2 aromatic rings. The van der Waals surface area contributed by atoms with Crippen LogP contribution in [0.1, 0.15) is 13.8 Å². The molecule has 1 amide bonds. The first-order valence-corrected chi connectivity index (χ1v) is 6.27. The molecule has 0 bridgehead atoms.